The molecule has 0 unspecified atom stereocenters. The highest BCUT2D eigenvalue weighted by molar-refractivity contribution is 5.88. The summed E-state index contributed by atoms with van der Waals surface area (Å²) >= 11 is 0. The maximum absolute atomic E-state index is 10.9. The first-order chi connectivity index (χ1) is 9.37. The Kier molecular flexibility index (Phi) is 4.42. The van der Waals surface area contributed by atoms with Crippen molar-refractivity contribution in [2.45, 2.75) is 38.5 Å². The third-order valence-corrected chi connectivity index (χ3v) is 3.76. The van der Waals surface area contributed by atoms with Gasteiger partial charge in [0.1, 0.15) is 0 Å². The van der Waals surface area contributed by atoms with Gasteiger partial charge in [-0.2, -0.15) is 0 Å². The van der Waals surface area contributed by atoms with Crippen molar-refractivity contribution < 1.29 is 15.0 Å². The molecule has 0 aliphatic carbocycles. The van der Waals surface area contributed by atoms with E-state index in [1.165, 1.54) is 6.92 Å². The van der Waals surface area contributed by atoms with Crippen LogP contribution in [0.4, 0.5) is 5.69 Å². The largest absolute Gasteiger partial charge is 0.389 e. The number of hydrogen-bond acceptors (Lipinski definition) is 4. The molecule has 1 fully saturated rings. The third-order valence-electron chi connectivity index (χ3n) is 3.76. The van der Waals surface area contributed by atoms with Crippen molar-refractivity contribution in [1.29, 1.82) is 0 Å². The zero-order chi connectivity index (χ0) is 14.8. The van der Waals surface area contributed by atoms with Crippen LogP contribution in [0, 0.1) is 0 Å². The van der Waals surface area contributed by atoms with Gasteiger partial charge in [-0.05, 0) is 31.0 Å². The van der Waals surface area contributed by atoms with Gasteiger partial charge in [0.05, 0.1) is 11.7 Å². The number of carbonyl (C=O) groups is 1. The first-order valence-electron chi connectivity index (χ1n) is 6.86. The number of likely N-dealkylation sites (tertiary alicyclic amines) is 1. The van der Waals surface area contributed by atoms with Gasteiger partial charge < -0.3 is 15.5 Å². The van der Waals surface area contributed by atoms with Crippen LogP contribution >= 0.6 is 0 Å². The molecule has 1 aliphatic rings. The standard InChI is InChI=1S/C15H22N2O3/c1-11(18)16-13-5-3-12(4-6-13)9-17-8-7-15(2,20)14(19)10-17/h3-6,14,19-20H,7-10H2,1-2H3,(H,16,18)/t14-,15-/m1/s1. The summed E-state index contributed by atoms with van der Waals surface area (Å²) in [5.74, 6) is -0.0841. The number of aliphatic hydroxyl groups excluding tert-OH is 1. The van der Waals surface area contributed by atoms with Crippen LogP contribution in [0.1, 0.15) is 25.8 Å². The van der Waals surface area contributed by atoms with Gasteiger partial charge >= 0.3 is 0 Å². The Morgan fingerprint density at radius 3 is 2.65 bits per heavy atom. The molecule has 3 N–H and O–H groups in total. The van der Waals surface area contributed by atoms with E-state index in [1.807, 2.05) is 24.3 Å². The van der Waals surface area contributed by atoms with Gasteiger partial charge in [0.15, 0.2) is 0 Å². The minimum Gasteiger partial charge on any atom is -0.389 e. The average Bonchev–Trinajstić information content (AvgIpc) is 2.36. The van der Waals surface area contributed by atoms with E-state index in [9.17, 15) is 15.0 Å². The molecule has 0 aromatic heterocycles. The number of amides is 1. The molecule has 0 bridgehead atoms. The van der Waals surface area contributed by atoms with Crippen LogP contribution in [-0.2, 0) is 11.3 Å². The molecule has 20 heavy (non-hydrogen) atoms. The highest BCUT2D eigenvalue weighted by Gasteiger charge is 2.36. The van der Waals surface area contributed by atoms with Crippen molar-refractivity contribution in [3.63, 3.8) is 0 Å². The number of β-amino-alcohol motifs (C(OH)–C–C–N with tert-alkyl or cyclic N) is 1. The summed E-state index contributed by atoms with van der Waals surface area (Å²) in [6, 6.07) is 7.66. The van der Waals surface area contributed by atoms with E-state index < -0.39 is 11.7 Å². The van der Waals surface area contributed by atoms with E-state index in [-0.39, 0.29) is 5.91 Å². The quantitative estimate of drug-likeness (QED) is 0.770. The van der Waals surface area contributed by atoms with Crippen molar-refractivity contribution in [3.05, 3.63) is 29.8 Å². The van der Waals surface area contributed by atoms with Crippen LogP contribution in [-0.4, -0.2) is 45.8 Å². The molecule has 2 atom stereocenters. The summed E-state index contributed by atoms with van der Waals surface area (Å²) in [5.41, 5.74) is 0.918. The van der Waals surface area contributed by atoms with Gasteiger partial charge in [0, 0.05) is 32.2 Å². The molecule has 1 aromatic rings. The fraction of sp³-hybridized carbons (Fsp3) is 0.533. The molecule has 0 spiro atoms. The highest BCUT2D eigenvalue weighted by Crippen LogP contribution is 2.23. The van der Waals surface area contributed by atoms with E-state index in [1.54, 1.807) is 6.92 Å². The number of piperidine rings is 1. The van der Waals surface area contributed by atoms with E-state index >= 15 is 0 Å². The molecule has 5 nitrogen and oxygen atoms in total. The van der Waals surface area contributed by atoms with Crippen LogP contribution in [0.5, 0.6) is 0 Å². The maximum atomic E-state index is 10.9. The normalized spacial score (nSPS) is 27.3. The van der Waals surface area contributed by atoms with Crippen LogP contribution in [0.25, 0.3) is 0 Å². The predicted octanol–water partition coefficient (Wildman–Crippen LogP) is 0.963. The van der Waals surface area contributed by atoms with Gasteiger partial charge in [-0.25, -0.2) is 0 Å². The fourth-order valence-corrected chi connectivity index (χ4v) is 2.38. The SMILES string of the molecule is CC(=O)Nc1ccc(CN2CC[C@@](C)(O)[C@H](O)C2)cc1. The molecule has 1 aromatic carbocycles. The van der Waals surface area contributed by atoms with Gasteiger partial charge in [-0.3, -0.25) is 9.69 Å². The van der Waals surface area contributed by atoms with Gasteiger partial charge in [0.25, 0.3) is 0 Å². The minimum absolute atomic E-state index is 0.0841. The Morgan fingerprint density at radius 1 is 1.45 bits per heavy atom. The third kappa shape index (κ3) is 3.79. The first kappa shape index (κ1) is 15.0. The number of nitrogens with one attached hydrogen (secondary N) is 1. The Bertz CT molecular complexity index is 471. The number of nitrogens with zero attached hydrogens (tertiary/aromatic N) is 1. The molecule has 1 aliphatic heterocycles. The second kappa shape index (κ2) is 5.91. The summed E-state index contributed by atoms with van der Waals surface area (Å²) in [7, 11) is 0. The maximum Gasteiger partial charge on any atom is 0.221 e. The average molecular weight is 278 g/mol. The number of benzene rings is 1. The second-order valence-electron chi connectivity index (χ2n) is 5.74. The van der Waals surface area contributed by atoms with E-state index in [4.69, 9.17) is 0 Å². The zero-order valence-corrected chi connectivity index (χ0v) is 12.0. The molecule has 0 radical (unpaired) electrons. The lowest BCUT2D eigenvalue weighted by molar-refractivity contribution is -0.114. The van der Waals surface area contributed by atoms with E-state index in [2.05, 4.69) is 10.2 Å². The van der Waals surface area contributed by atoms with E-state index in [0.29, 0.717) is 13.0 Å². The molecule has 110 valence electrons. The lowest BCUT2D eigenvalue weighted by Crippen LogP contribution is -2.53. The number of aliphatic hydroxyl groups is 2. The van der Waals surface area contributed by atoms with Crippen molar-refractivity contribution in [2.75, 3.05) is 18.4 Å². The first-order valence-corrected chi connectivity index (χ1v) is 6.86. The zero-order valence-electron chi connectivity index (χ0n) is 12.0. The Morgan fingerprint density at radius 2 is 2.10 bits per heavy atom. The summed E-state index contributed by atoms with van der Waals surface area (Å²) < 4.78 is 0. The topological polar surface area (TPSA) is 72.8 Å². The number of rotatable bonds is 3. The van der Waals surface area contributed by atoms with Crippen molar-refractivity contribution in [2.24, 2.45) is 0 Å². The summed E-state index contributed by atoms with van der Waals surface area (Å²) in [5, 5.41) is 22.5. The monoisotopic (exact) mass is 278 g/mol. The number of hydrogen-bond donors (Lipinski definition) is 3. The molecule has 0 saturated carbocycles. The van der Waals surface area contributed by atoms with Crippen LogP contribution in [0.2, 0.25) is 0 Å². The summed E-state index contributed by atoms with van der Waals surface area (Å²) in [6.07, 6.45) is -0.145. The van der Waals surface area contributed by atoms with Crippen molar-refractivity contribution >= 4 is 11.6 Å². The molecule has 1 saturated heterocycles. The Balaban J connectivity index is 1.92. The molecular weight excluding hydrogens is 256 g/mol. The molecule has 1 amide bonds. The van der Waals surface area contributed by atoms with Crippen molar-refractivity contribution in [3.8, 4) is 0 Å². The van der Waals surface area contributed by atoms with Crippen molar-refractivity contribution in [1.82, 2.24) is 4.90 Å². The fourth-order valence-electron chi connectivity index (χ4n) is 2.38. The van der Waals surface area contributed by atoms with Crippen LogP contribution < -0.4 is 5.32 Å². The lowest BCUT2D eigenvalue weighted by Gasteiger charge is -2.39. The van der Waals surface area contributed by atoms with E-state index in [0.717, 1.165) is 24.3 Å². The molecule has 5 heteroatoms. The number of carbonyl (C=O) groups excluding carboxylic acids is 1. The minimum atomic E-state index is -0.980. The molecule has 2 rings (SSSR count). The van der Waals surface area contributed by atoms with Crippen LogP contribution in [0.15, 0.2) is 24.3 Å². The Labute approximate surface area is 119 Å². The molecular formula is C15H22N2O3. The second-order valence-corrected chi connectivity index (χ2v) is 5.74. The van der Waals surface area contributed by atoms with Crippen LogP contribution in [0.3, 0.4) is 0 Å². The summed E-state index contributed by atoms with van der Waals surface area (Å²) in [6.45, 7) is 5.12. The highest BCUT2D eigenvalue weighted by atomic mass is 16.3. The summed E-state index contributed by atoms with van der Waals surface area (Å²) in [4.78, 5) is 13.1. The van der Waals surface area contributed by atoms with Gasteiger partial charge in [-0.15, -0.1) is 0 Å². The number of anilines is 1. The molecule has 1 heterocycles. The van der Waals surface area contributed by atoms with Gasteiger partial charge in [0.2, 0.25) is 5.91 Å². The Hall–Kier alpha value is -1.43. The van der Waals surface area contributed by atoms with Gasteiger partial charge in [-0.1, -0.05) is 12.1 Å². The smallest absolute Gasteiger partial charge is 0.221 e. The lowest BCUT2D eigenvalue weighted by atomic mass is 9.90. The predicted molar refractivity (Wildman–Crippen MR) is 77.3 cm³/mol.